The van der Waals surface area contributed by atoms with Crippen LogP contribution in [0.4, 0.5) is 0 Å². The van der Waals surface area contributed by atoms with Gasteiger partial charge in [-0.3, -0.25) is 9.78 Å². The zero-order valence-electron chi connectivity index (χ0n) is 15.7. The molecule has 0 unspecified atom stereocenters. The number of thioether (sulfide) groups is 1. The summed E-state index contributed by atoms with van der Waals surface area (Å²) >= 11 is 3.29. The fraction of sp³-hybridized carbons (Fsp3) is 0.318. The summed E-state index contributed by atoms with van der Waals surface area (Å²) < 4.78 is 0. The minimum atomic E-state index is 0.0992. The van der Waals surface area contributed by atoms with Gasteiger partial charge in [0.15, 0.2) is 0 Å². The van der Waals surface area contributed by atoms with Crippen LogP contribution in [0.2, 0.25) is 0 Å². The van der Waals surface area contributed by atoms with Crippen LogP contribution in [0.25, 0.3) is 11.3 Å². The molecule has 2 aromatic heterocycles. The summed E-state index contributed by atoms with van der Waals surface area (Å²) in [4.78, 5) is 22.0. The molecule has 144 valence electrons. The molecular formula is C22H23N3OS2. The Morgan fingerprint density at radius 1 is 1.14 bits per heavy atom. The zero-order valence-corrected chi connectivity index (χ0v) is 17.3. The monoisotopic (exact) mass is 409 g/mol. The van der Waals surface area contributed by atoms with Gasteiger partial charge < -0.3 is 5.32 Å². The summed E-state index contributed by atoms with van der Waals surface area (Å²) in [6.45, 7) is 0.688. The maximum absolute atomic E-state index is 12.1. The highest BCUT2D eigenvalue weighted by Gasteiger charge is 2.11. The number of hydrogen-bond acceptors (Lipinski definition) is 5. The van der Waals surface area contributed by atoms with Crippen molar-refractivity contribution in [2.45, 2.75) is 37.0 Å². The number of amides is 1. The number of fused-ring (bicyclic) bond motifs is 1. The lowest BCUT2D eigenvalue weighted by Crippen LogP contribution is -2.26. The number of thiazole rings is 1. The topological polar surface area (TPSA) is 54.9 Å². The second-order valence-corrected chi connectivity index (χ2v) is 8.88. The third-order valence-electron chi connectivity index (χ3n) is 4.86. The molecule has 1 aliphatic carbocycles. The maximum atomic E-state index is 12.1. The van der Waals surface area contributed by atoms with Crippen LogP contribution >= 0.6 is 23.1 Å². The predicted molar refractivity (Wildman–Crippen MR) is 116 cm³/mol. The average Bonchev–Trinajstić information content (AvgIpc) is 3.39. The molecule has 2 heterocycles. The summed E-state index contributed by atoms with van der Waals surface area (Å²) in [5, 5.41) is 6.21. The molecule has 0 atom stereocenters. The van der Waals surface area contributed by atoms with Gasteiger partial charge in [-0.25, -0.2) is 4.98 Å². The quantitative estimate of drug-likeness (QED) is 0.438. The van der Waals surface area contributed by atoms with Crippen molar-refractivity contribution in [3.05, 3.63) is 64.2 Å². The predicted octanol–water partition coefficient (Wildman–Crippen LogP) is 4.53. The Kier molecular flexibility index (Phi) is 6.39. The molecule has 1 aliphatic rings. The van der Waals surface area contributed by atoms with E-state index in [0.717, 1.165) is 29.1 Å². The number of benzene rings is 1. The third kappa shape index (κ3) is 5.00. The van der Waals surface area contributed by atoms with Crippen molar-refractivity contribution in [2.24, 2.45) is 0 Å². The lowest BCUT2D eigenvalue weighted by atomic mass is 10.1. The fourth-order valence-electron chi connectivity index (χ4n) is 3.39. The third-order valence-corrected chi connectivity index (χ3v) is 6.76. The van der Waals surface area contributed by atoms with Crippen molar-refractivity contribution < 1.29 is 4.79 Å². The molecule has 0 saturated carbocycles. The van der Waals surface area contributed by atoms with Gasteiger partial charge in [0, 0.05) is 41.2 Å². The second kappa shape index (κ2) is 9.34. The first kappa shape index (κ1) is 19.2. The van der Waals surface area contributed by atoms with Crippen molar-refractivity contribution >= 4 is 29.0 Å². The summed E-state index contributed by atoms with van der Waals surface area (Å²) in [5.41, 5.74) is 5.02. The Morgan fingerprint density at radius 3 is 2.89 bits per heavy atom. The molecule has 0 fully saturated rings. The van der Waals surface area contributed by atoms with Crippen molar-refractivity contribution in [2.75, 3.05) is 12.3 Å². The van der Waals surface area contributed by atoms with Gasteiger partial charge >= 0.3 is 0 Å². The van der Waals surface area contributed by atoms with Crippen LogP contribution in [0, 0.1) is 0 Å². The van der Waals surface area contributed by atoms with Gasteiger partial charge in [0.25, 0.3) is 0 Å². The molecule has 4 nitrogen and oxygen atoms in total. The summed E-state index contributed by atoms with van der Waals surface area (Å²) in [7, 11) is 0. The first-order valence-electron chi connectivity index (χ1n) is 9.64. The molecule has 0 spiro atoms. The van der Waals surface area contributed by atoms with Gasteiger partial charge in [0.1, 0.15) is 0 Å². The van der Waals surface area contributed by atoms with Crippen LogP contribution in [0.1, 0.15) is 29.0 Å². The average molecular weight is 410 g/mol. The van der Waals surface area contributed by atoms with E-state index < -0.39 is 0 Å². The van der Waals surface area contributed by atoms with Crippen LogP contribution in [-0.2, 0) is 24.1 Å². The Balaban J connectivity index is 1.16. The van der Waals surface area contributed by atoms with Gasteiger partial charge in [0.05, 0.1) is 16.5 Å². The molecule has 1 N–H and O–H groups in total. The van der Waals surface area contributed by atoms with Crippen molar-refractivity contribution in [1.82, 2.24) is 15.3 Å². The van der Waals surface area contributed by atoms with E-state index in [1.54, 1.807) is 35.5 Å². The number of aromatic nitrogens is 2. The van der Waals surface area contributed by atoms with Crippen LogP contribution in [0.3, 0.4) is 0 Å². The van der Waals surface area contributed by atoms with Crippen LogP contribution < -0.4 is 5.32 Å². The summed E-state index contributed by atoms with van der Waals surface area (Å²) in [5.74, 6) is 0.574. The van der Waals surface area contributed by atoms with E-state index in [4.69, 9.17) is 0 Å². The number of pyridine rings is 1. The molecule has 1 amide bonds. The number of aryl methyl sites for hydroxylation is 3. The number of nitrogens with one attached hydrogen (secondary N) is 1. The van der Waals surface area contributed by atoms with Gasteiger partial charge in [-0.2, -0.15) is 0 Å². The van der Waals surface area contributed by atoms with Gasteiger partial charge in [-0.05, 0) is 61.1 Å². The van der Waals surface area contributed by atoms with E-state index in [1.807, 2.05) is 12.1 Å². The standard InChI is InChI=1S/C22H23N3OS2/c26-21(15-27-19-7-6-16-3-1-4-18(16)13-19)24-10-2-5-22-25-20(14-28-22)17-8-11-23-12-9-17/h6-9,11-14H,1-5,10,15H2,(H,24,26). The largest absolute Gasteiger partial charge is 0.355 e. The molecule has 1 aromatic carbocycles. The molecule has 0 radical (unpaired) electrons. The van der Waals surface area contributed by atoms with E-state index in [0.29, 0.717) is 12.3 Å². The van der Waals surface area contributed by atoms with E-state index in [2.05, 4.69) is 38.9 Å². The maximum Gasteiger partial charge on any atom is 0.230 e. The van der Waals surface area contributed by atoms with Gasteiger partial charge in [0.2, 0.25) is 5.91 Å². The number of carbonyl (C=O) groups is 1. The zero-order chi connectivity index (χ0) is 19.2. The van der Waals surface area contributed by atoms with Crippen molar-refractivity contribution in [1.29, 1.82) is 0 Å². The lowest BCUT2D eigenvalue weighted by molar-refractivity contribution is -0.118. The highest BCUT2D eigenvalue weighted by molar-refractivity contribution is 8.00. The smallest absolute Gasteiger partial charge is 0.230 e. The van der Waals surface area contributed by atoms with E-state index in [-0.39, 0.29) is 5.91 Å². The van der Waals surface area contributed by atoms with E-state index in [1.165, 1.54) is 35.3 Å². The molecule has 0 aliphatic heterocycles. The molecule has 4 rings (SSSR count). The molecule has 3 aromatic rings. The second-order valence-electron chi connectivity index (χ2n) is 6.89. The Bertz CT molecular complexity index is 940. The first-order valence-corrected chi connectivity index (χ1v) is 11.5. The van der Waals surface area contributed by atoms with Crippen molar-refractivity contribution in [3.63, 3.8) is 0 Å². The Hall–Kier alpha value is -2.18. The number of nitrogens with zero attached hydrogens (tertiary/aromatic N) is 2. The van der Waals surface area contributed by atoms with E-state index >= 15 is 0 Å². The molecular weight excluding hydrogens is 386 g/mol. The fourth-order valence-corrected chi connectivity index (χ4v) is 5.03. The highest BCUT2D eigenvalue weighted by atomic mass is 32.2. The minimum Gasteiger partial charge on any atom is -0.355 e. The lowest BCUT2D eigenvalue weighted by Gasteiger charge is -2.06. The van der Waals surface area contributed by atoms with Gasteiger partial charge in [-0.15, -0.1) is 23.1 Å². The van der Waals surface area contributed by atoms with Crippen LogP contribution in [-0.4, -0.2) is 28.2 Å². The normalized spacial score (nSPS) is 12.7. The Labute approximate surface area is 173 Å². The number of hydrogen-bond donors (Lipinski definition) is 1. The SMILES string of the molecule is O=C(CSc1ccc2c(c1)CCC2)NCCCc1nc(-c2ccncc2)cs1. The Morgan fingerprint density at radius 2 is 2.00 bits per heavy atom. The molecule has 6 heteroatoms. The van der Waals surface area contributed by atoms with Crippen molar-refractivity contribution in [3.8, 4) is 11.3 Å². The van der Waals surface area contributed by atoms with Crippen LogP contribution in [0.15, 0.2) is 53.0 Å². The van der Waals surface area contributed by atoms with Crippen LogP contribution in [0.5, 0.6) is 0 Å². The van der Waals surface area contributed by atoms with E-state index in [9.17, 15) is 4.79 Å². The minimum absolute atomic E-state index is 0.0992. The summed E-state index contributed by atoms with van der Waals surface area (Å²) in [6, 6.07) is 10.6. The molecule has 0 bridgehead atoms. The number of carbonyl (C=O) groups excluding carboxylic acids is 1. The highest BCUT2D eigenvalue weighted by Crippen LogP contribution is 2.27. The summed E-state index contributed by atoms with van der Waals surface area (Å²) in [6.07, 6.45) is 8.98. The number of rotatable bonds is 8. The van der Waals surface area contributed by atoms with Gasteiger partial charge in [-0.1, -0.05) is 6.07 Å². The molecule has 28 heavy (non-hydrogen) atoms. The molecule has 0 saturated heterocycles. The first-order chi connectivity index (χ1) is 13.8.